The molecular weight excluding hydrogens is 272 g/mol. The second kappa shape index (κ2) is 7.18. The van der Waals surface area contributed by atoms with Crippen LogP contribution in [0.4, 0.5) is 0 Å². The molecule has 0 heterocycles. The summed E-state index contributed by atoms with van der Waals surface area (Å²) in [5, 5.41) is 28.6. The van der Waals surface area contributed by atoms with Crippen molar-refractivity contribution in [2.45, 2.75) is 44.6 Å². The fraction of sp³-hybridized carbons (Fsp3) is 0.750. The van der Waals surface area contributed by atoms with E-state index in [2.05, 4.69) is 0 Å². The SMILES string of the molecule is O=C(O)C1C(=O)C[C@@H](CO)[C@H]1/C=C/CC(O)C1CCCC1. The molecule has 21 heavy (non-hydrogen) atoms. The summed E-state index contributed by atoms with van der Waals surface area (Å²) in [6.45, 7) is -0.185. The number of aliphatic carboxylic acids is 1. The second-order valence-corrected chi connectivity index (χ2v) is 6.28. The van der Waals surface area contributed by atoms with Gasteiger partial charge in [0.15, 0.2) is 0 Å². The smallest absolute Gasteiger partial charge is 0.314 e. The zero-order valence-corrected chi connectivity index (χ0v) is 12.1. The van der Waals surface area contributed by atoms with Gasteiger partial charge in [0.05, 0.1) is 6.10 Å². The van der Waals surface area contributed by atoms with Crippen LogP contribution in [0.15, 0.2) is 12.2 Å². The van der Waals surface area contributed by atoms with Gasteiger partial charge in [-0.25, -0.2) is 0 Å². The van der Waals surface area contributed by atoms with Gasteiger partial charge in [-0.2, -0.15) is 0 Å². The lowest BCUT2D eigenvalue weighted by Gasteiger charge is -2.18. The van der Waals surface area contributed by atoms with Crippen LogP contribution in [0.2, 0.25) is 0 Å². The first kappa shape index (κ1) is 16.2. The van der Waals surface area contributed by atoms with E-state index in [1.807, 2.05) is 0 Å². The van der Waals surface area contributed by atoms with Crippen molar-refractivity contribution >= 4 is 11.8 Å². The number of carbonyl (C=O) groups excluding carboxylic acids is 1. The number of hydrogen-bond donors (Lipinski definition) is 3. The quantitative estimate of drug-likeness (QED) is 0.508. The zero-order chi connectivity index (χ0) is 15.4. The molecule has 2 aliphatic rings. The molecule has 3 N–H and O–H groups in total. The number of carboxylic acid groups (broad SMARTS) is 1. The van der Waals surface area contributed by atoms with Gasteiger partial charge in [-0.3, -0.25) is 9.59 Å². The van der Waals surface area contributed by atoms with Crippen molar-refractivity contribution in [3.05, 3.63) is 12.2 Å². The van der Waals surface area contributed by atoms with Crippen molar-refractivity contribution in [3.63, 3.8) is 0 Å². The lowest BCUT2D eigenvalue weighted by Crippen LogP contribution is -2.25. The number of carbonyl (C=O) groups is 2. The highest BCUT2D eigenvalue weighted by Gasteiger charge is 2.44. The summed E-state index contributed by atoms with van der Waals surface area (Å²) in [5.41, 5.74) is 0. The van der Waals surface area contributed by atoms with E-state index in [-0.39, 0.29) is 24.7 Å². The van der Waals surface area contributed by atoms with E-state index in [1.165, 1.54) is 0 Å². The topological polar surface area (TPSA) is 94.8 Å². The van der Waals surface area contributed by atoms with E-state index >= 15 is 0 Å². The fourth-order valence-corrected chi connectivity index (χ4v) is 3.67. The van der Waals surface area contributed by atoms with Crippen LogP contribution in [0, 0.1) is 23.7 Å². The van der Waals surface area contributed by atoms with Crippen molar-refractivity contribution < 1.29 is 24.9 Å². The third-order valence-electron chi connectivity index (χ3n) is 4.92. The maximum atomic E-state index is 11.7. The van der Waals surface area contributed by atoms with Crippen molar-refractivity contribution in [3.8, 4) is 0 Å². The molecule has 0 spiro atoms. The molecule has 0 radical (unpaired) electrons. The Balaban J connectivity index is 1.96. The number of allylic oxidation sites excluding steroid dienone is 1. The molecule has 0 aromatic carbocycles. The molecule has 5 nitrogen and oxygen atoms in total. The maximum Gasteiger partial charge on any atom is 0.314 e. The lowest BCUT2D eigenvalue weighted by molar-refractivity contribution is -0.146. The molecule has 2 fully saturated rings. The molecular formula is C16H24O5. The molecule has 0 amide bonds. The highest BCUT2D eigenvalue weighted by molar-refractivity contribution is 6.00. The largest absolute Gasteiger partial charge is 0.481 e. The average Bonchev–Trinajstić information content (AvgIpc) is 3.06. The van der Waals surface area contributed by atoms with Gasteiger partial charge in [0.1, 0.15) is 11.7 Å². The van der Waals surface area contributed by atoms with Gasteiger partial charge in [-0.05, 0) is 31.1 Å². The van der Waals surface area contributed by atoms with Crippen LogP contribution in [0.1, 0.15) is 38.5 Å². The first-order chi connectivity index (χ1) is 10.0. The number of carboxylic acids is 1. The van der Waals surface area contributed by atoms with E-state index in [4.69, 9.17) is 5.11 Å². The molecule has 0 aromatic rings. The Morgan fingerprint density at radius 2 is 2.00 bits per heavy atom. The Morgan fingerprint density at radius 3 is 2.57 bits per heavy atom. The van der Waals surface area contributed by atoms with E-state index in [1.54, 1.807) is 12.2 Å². The minimum Gasteiger partial charge on any atom is -0.481 e. The van der Waals surface area contributed by atoms with E-state index in [0.717, 1.165) is 25.7 Å². The van der Waals surface area contributed by atoms with Gasteiger partial charge in [0, 0.05) is 18.9 Å². The van der Waals surface area contributed by atoms with E-state index < -0.39 is 23.9 Å². The maximum absolute atomic E-state index is 11.7. The predicted molar refractivity (Wildman–Crippen MR) is 76.5 cm³/mol. The minimum absolute atomic E-state index is 0.119. The van der Waals surface area contributed by atoms with Crippen molar-refractivity contribution in [1.29, 1.82) is 0 Å². The van der Waals surface area contributed by atoms with Crippen molar-refractivity contribution in [1.82, 2.24) is 0 Å². The van der Waals surface area contributed by atoms with Gasteiger partial charge in [0.2, 0.25) is 0 Å². The molecule has 4 atom stereocenters. The molecule has 2 aliphatic carbocycles. The molecule has 0 aliphatic heterocycles. The Kier molecular flexibility index (Phi) is 5.53. The number of aliphatic hydroxyl groups excluding tert-OH is 2. The minimum atomic E-state index is -1.12. The van der Waals surface area contributed by atoms with Crippen LogP contribution in [0.5, 0.6) is 0 Å². The Hall–Kier alpha value is -1.20. The van der Waals surface area contributed by atoms with Gasteiger partial charge in [0.25, 0.3) is 0 Å². The molecule has 5 heteroatoms. The van der Waals surface area contributed by atoms with Gasteiger partial charge >= 0.3 is 5.97 Å². The summed E-state index contributed by atoms with van der Waals surface area (Å²) in [5.74, 6) is -2.94. The lowest BCUT2D eigenvalue weighted by atomic mass is 9.88. The van der Waals surface area contributed by atoms with E-state index in [9.17, 15) is 19.8 Å². The highest BCUT2D eigenvalue weighted by atomic mass is 16.4. The first-order valence-electron chi connectivity index (χ1n) is 7.75. The van der Waals surface area contributed by atoms with Crippen LogP contribution in [-0.2, 0) is 9.59 Å². The standard InChI is InChI=1S/C16H24O5/c17-9-11-8-14(19)15(16(20)21)12(11)6-3-7-13(18)10-4-1-2-5-10/h3,6,10-13,15,17-18H,1-2,4-5,7-9H2,(H,20,21)/b6-3+/t11-,12+,13?,15?/m0/s1. The third-order valence-corrected chi connectivity index (χ3v) is 4.92. The normalized spacial score (nSPS) is 32.1. The number of aliphatic hydroxyl groups is 2. The molecule has 118 valence electrons. The fourth-order valence-electron chi connectivity index (χ4n) is 3.67. The number of ketones is 1. The summed E-state index contributed by atoms with van der Waals surface area (Å²) >= 11 is 0. The molecule has 0 aromatic heterocycles. The van der Waals surface area contributed by atoms with Crippen LogP contribution in [-0.4, -0.2) is 39.8 Å². The molecule has 2 saturated carbocycles. The van der Waals surface area contributed by atoms with Crippen LogP contribution < -0.4 is 0 Å². The van der Waals surface area contributed by atoms with E-state index in [0.29, 0.717) is 12.3 Å². The van der Waals surface area contributed by atoms with Crippen LogP contribution >= 0.6 is 0 Å². The van der Waals surface area contributed by atoms with Gasteiger partial charge < -0.3 is 15.3 Å². The number of Topliss-reactive ketones (excluding diaryl/α,β-unsaturated/α-hetero) is 1. The first-order valence-corrected chi connectivity index (χ1v) is 7.75. The number of rotatable bonds is 6. The second-order valence-electron chi connectivity index (χ2n) is 6.28. The van der Waals surface area contributed by atoms with Gasteiger partial charge in [-0.1, -0.05) is 25.0 Å². The average molecular weight is 296 g/mol. The Morgan fingerprint density at radius 1 is 1.33 bits per heavy atom. The summed E-state index contributed by atoms with van der Waals surface area (Å²) in [6, 6.07) is 0. The van der Waals surface area contributed by atoms with Crippen LogP contribution in [0.3, 0.4) is 0 Å². The van der Waals surface area contributed by atoms with Crippen molar-refractivity contribution in [2.75, 3.05) is 6.61 Å². The molecule has 2 rings (SSSR count). The summed E-state index contributed by atoms with van der Waals surface area (Å²) in [7, 11) is 0. The zero-order valence-electron chi connectivity index (χ0n) is 12.1. The summed E-state index contributed by atoms with van der Waals surface area (Å²) < 4.78 is 0. The molecule has 2 unspecified atom stereocenters. The monoisotopic (exact) mass is 296 g/mol. The summed E-state index contributed by atoms with van der Waals surface area (Å²) in [4.78, 5) is 22.9. The highest BCUT2D eigenvalue weighted by Crippen LogP contribution is 2.36. The third kappa shape index (κ3) is 3.71. The molecule has 0 bridgehead atoms. The Labute approximate surface area is 124 Å². The Bertz CT molecular complexity index is 411. The van der Waals surface area contributed by atoms with Gasteiger partial charge in [-0.15, -0.1) is 0 Å². The summed E-state index contributed by atoms with van der Waals surface area (Å²) in [6.07, 6.45) is 8.13. The predicted octanol–water partition coefficient (Wildman–Crippen LogP) is 1.38. The number of hydrogen-bond acceptors (Lipinski definition) is 4. The van der Waals surface area contributed by atoms with Crippen molar-refractivity contribution in [2.24, 2.45) is 23.7 Å². The molecule has 0 saturated heterocycles. The van der Waals surface area contributed by atoms with Crippen LogP contribution in [0.25, 0.3) is 0 Å².